The second-order valence-corrected chi connectivity index (χ2v) is 5.66. The Morgan fingerprint density at radius 3 is 2.79 bits per heavy atom. The van der Waals surface area contributed by atoms with Crippen LogP contribution < -0.4 is 0 Å². The molecule has 1 aromatic carbocycles. The summed E-state index contributed by atoms with van der Waals surface area (Å²) in [5.74, 6) is 5.67. The molecule has 0 N–H and O–H groups in total. The summed E-state index contributed by atoms with van der Waals surface area (Å²) in [7, 11) is -2.53. The van der Waals surface area contributed by atoms with E-state index in [-0.39, 0.29) is 0 Å². The van der Waals surface area contributed by atoms with Gasteiger partial charge in [0.2, 0.25) is 0 Å². The first kappa shape index (κ1) is 9.17. The van der Waals surface area contributed by atoms with Gasteiger partial charge in [0.15, 0.2) is 0 Å². The second kappa shape index (κ2) is 3.07. The van der Waals surface area contributed by atoms with Crippen molar-refractivity contribution in [3.05, 3.63) is 29.8 Å². The van der Waals surface area contributed by atoms with Crippen LogP contribution in [0.25, 0.3) is 0 Å². The van der Waals surface area contributed by atoms with Crippen LogP contribution in [0.2, 0.25) is 0 Å². The topological polar surface area (TPSA) is 29.4 Å². The summed E-state index contributed by atoms with van der Waals surface area (Å²) >= 11 is 0. The van der Waals surface area contributed by atoms with E-state index in [1.165, 1.54) is 0 Å². The van der Waals surface area contributed by atoms with Crippen molar-refractivity contribution in [2.75, 3.05) is 6.26 Å². The van der Waals surface area contributed by atoms with Gasteiger partial charge < -0.3 is 0 Å². The average molecular weight is 205 g/mol. The summed E-state index contributed by atoms with van der Waals surface area (Å²) in [4.78, 5) is 0.831. The Balaban J connectivity index is 2.70. The van der Waals surface area contributed by atoms with Gasteiger partial charge in [-0.1, -0.05) is 24.1 Å². The van der Waals surface area contributed by atoms with Gasteiger partial charge in [0, 0.05) is 26.8 Å². The standard InChI is InChI=1S/C11H11NOS/c1-3-6-10-9-7-4-5-8-11(9)14(2,13)12-10/h4-5,7-8,14H,1-2H3. The fourth-order valence-corrected chi connectivity index (χ4v) is 3.18. The van der Waals surface area contributed by atoms with E-state index >= 15 is 0 Å². The molecular formula is C11H11NOS. The van der Waals surface area contributed by atoms with Crippen molar-refractivity contribution >= 4 is 15.8 Å². The Bertz CT molecular complexity index is 520. The van der Waals surface area contributed by atoms with E-state index in [1.54, 1.807) is 13.2 Å². The van der Waals surface area contributed by atoms with E-state index < -0.39 is 10.1 Å². The minimum Gasteiger partial charge on any atom is -0.260 e. The summed E-state index contributed by atoms with van der Waals surface area (Å²) < 4.78 is 16.2. The summed E-state index contributed by atoms with van der Waals surface area (Å²) in [5, 5.41) is 0. The van der Waals surface area contributed by atoms with Gasteiger partial charge in [-0.05, 0) is 18.9 Å². The van der Waals surface area contributed by atoms with Crippen LogP contribution in [0.5, 0.6) is 0 Å². The number of hydrogen-bond acceptors (Lipinski definition) is 1. The molecule has 0 spiro atoms. The zero-order chi connectivity index (χ0) is 10.2. The molecule has 0 fully saturated rings. The van der Waals surface area contributed by atoms with Gasteiger partial charge in [-0.15, -0.1) is 0 Å². The molecule has 3 heteroatoms. The fourth-order valence-electron chi connectivity index (χ4n) is 1.54. The van der Waals surface area contributed by atoms with Crippen molar-refractivity contribution in [1.29, 1.82) is 0 Å². The molecule has 0 unspecified atom stereocenters. The van der Waals surface area contributed by atoms with Crippen LogP contribution >= 0.6 is 0 Å². The van der Waals surface area contributed by atoms with Gasteiger partial charge in [-0.2, -0.15) is 4.40 Å². The zero-order valence-electron chi connectivity index (χ0n) is 8.11. The number of thiol groups is 1. The molecule has 1 aliphatic heterocycles. The van der Waals surface area contributed by atoms with E-state index in [1.807, 2.05) is 24.3 Å². The molecule has 0 amide bonds. The molecule has 0 radical (unpaired) electrons. The molecule has 0 saturated carbocycles. The Morgan fingerprint density at radius 1 is 1.36 bits per heavy atom. The maximum atomic E-state index is 12.1. The van der Waals surface area contributed by atoms with Crippen molar-refractivity contribution in [3.63, 3.8) is 0 Å². The van der Waals surface area contributed by atoms with Crippen molar-refractivity contribution in [2.45, 2.75) is 11.8 Å². The Kier molecular flexibility index (Phi) is 2.01. The Morgan fingerprint density at radius 2 is 2.07 bits per heavy atom. The minimum absolute atomic E-state index is 0.661. The monoisotopic (exact) mass is 205 g/mol. The highest BCUT2D eigenvalue weighted by atomic mass is 32.3. The predicted octanol–water partition coefficient (Wildman–Crippen LogP) is 1.43. The molecule has 2 nitrogen and oxygen atoms in total. The van der Waals surface area contributed by atoms with Gasteiger partial charge in [0.25, 0.3) is 0 Å². The van der Waals surface area contributed by atoms with Gasteiger partial charge >= 0.3 is 0 Å². The molecule has 1 heterocycles. The largest absolute Gasteiger partial charge is 0.260 e. The summed E-state index contributed by atoms with van der Waals surface area (Å²) in [6.07, 6.45) is 1.68. The van der Waals surface area contributed by atoms with Gasteiger partial charge in [0.1, 0.15) is 5.71 Å². The average Bonchev–Trinajstić information content (AvgIpc) is 2.41. The van der Waals surface area contributed by atoms with Gasteiger partial charge in [-0.3, -0.25) is 4.21 Å². The third-order valence-corrected chi connectivity index (χ3v) is 4.01. The van der Waals surface area contributed by atoms with Gasteiger partial charge in [0.05, 0.1) is 0 Å². The number of hydrogen-bond donors (Lipinski definition) is 1. The third kappa shape index (κ3) is 1.28. The van der Waals surface area contributed by atoms with Crippen LogP contribution in [0.1, 0.15) is 12.5 Å². The normalized spacial score (nSPS) is 18.9. The molecule has 0 aliphatic carbocycles. The number of rotatable bonds is 0. The molecule has 0 saturated heterocycles. The van der Waals surface area contributed by atoms with Crippen LogP contribution in [0.3, 0.4) is 0 Å². The smallest absolute Gasteiger partial charge is 0.130 e. The number of benzene rings is 1. The molecule has 0 bridgehead atoms. The van der Waals surface area contributed by atoms with Gasteiger partial charge in [-0.25, -0.2) is 0 Å². The fraction of sp³-hybridized carbons (Fsp3) is 0.182. The Labute approximate surface area is 84.6 Å². The van der Waals surface area contributed by atoms with Crippen molar-refractivity contribution in [3.8, 4) is 11.8 Å². The maximum Gasteiger partial charge on any atom is 0.130 e. The quantitative estimate of drug-likeness (QED) is 0.504. The second-order valence-electron chi connectivity index (χ2n) is 3.22. The molecule has 1 aliphatic rings. The molecular weight excluding hydrogens is 194 g/mol. The van der Waals surface area contributed by atoms with Crippen LogP contribution in [-0.2, 0) is 10.1 Å². The lowest BCUT2D eigenvalue weighted by Crippen LogP contribution is -2.01. The molecule has 1 aromatic rings. The first-order chi connectivity index (χ1) is 6.65. The molecule has 0 atom stereocenters. The molecule has 14 heavy (non-hydrogen) atoms. The van der Waals surface area contributed by atoms with E-state index in [9.17, 15) is 4.21 Å². The van der Waals surface area contributed by atoms with E-state index in [0.717, 1.165) is 10.5 Å². The van der Waals surface area contributed by atoms with E-state index in [4.69, 9.17) is 0 Å². The van der Waals surface area contributed by atoms with E-state index in [2.05, 4.69) is 16.2 Å². The van der Waals surface area contributed by atoms with Crippen LogP contribution in [0, 0.1) is 11.8 Å². The predicted molar refractivity (Wildman–Crippen MR) is 60.2 cm³/mol. The third-order valence-electron chi connectivity index (χ3n) is 2.14. The van der Waals surface area contributed by atoms with Crippen LogP contribution in [0.4, 0.5) is 0 Å². The van der Waals surface area contributed by atoms with Crippen molar-refractivity contribution < 1.29 is 4.21 Å². The highest BCUT2D eigenvalue weighted by Gasteiger charge is 2.24. The lowest BCUT2D eigenvalue weighted by Gasteiger charge is -2.07. The van der Waals surface area contributed by atoms with Crippen LogP contribution in [-0.4, -0.2) is 16.2 Å². The number of fused-ring (bicyclic) bond motifs is 1. The highest BCUT2D eigenvalue weighted by Crippen LogP contribution is 2.29. The lowest BCUT2D eigenvalue weighted by molar-refractivity contribution is 0.677. The van der Waals surface area contributed by atoms with Crippen molar-refractivity contribution in [1.82, 2.24) is 0 Å². The molecule has 2 rings (SSSR count). The lowest BCUT2D eigenvalue weighted by atomic mass is 10.1. The summed E-state index contributed by atoms with van der Waals surface area (Å²) in [6.45, 7) is 1.75. The first-order valence-electron chi connectivity index (χ1n) is 4.35. The van der Waals surface area contributed by atoms with Crippen molar-refractivity contribution in [2.24, 2.45) is 4.40 Å². The molecule has 72 valence electrons. The maximum absolute atomic E-state index is 12.1. The highest BCUT2D eigenvalue weighted by molar-refractivity contribution is 8.01. The minimum atomic E-state index is -2.53. The Hall–Kier alpha value is -1.40. The zero-order valence-corrected chi connectivity index (χ0v) is 9.01. The molecule has 0 aromatic heterocycles. The summed E-state index contributed by atoms with van der Waals surface area (Å²) in [6, 6.07) is 7.58. The van der Waals surface area contributed by atoms with E-state index in [0.29, 0.717) is 5.71 Å². The SMILES string of the molecule is CC#CC1=N[SH](C)(=O)c2ccccc21. The first-order valence-corrected chi connectivity index (χ1v) is 6.46. The number of nitrogens with zero attached hydrogens (tertiary/aromatic N) is 1. The summed E-state index contributed by atoms with van der Waals surface area (Å²) in [5.41, 5.74) is 1.58. The van der Waals surface area contributed by atoms with Crippen LogP contribution in [0.15, 0.2) is 33.6 Å².